The second-order valence-corrected chi connectivity index (χ2v) is 8.37. The highest BCUT2D eigenvalue weighted by molar-refractivity contribution is 7.92. The van der Waals surface area contributed by atoms with Gasteiger partial charge in [0.05, 0.1) is 39.4 Å². The van der Waals surface area contributed by atoms with E-state index in [1.54, 1.807) is 18.2 Å². The molecule has 0 unspecified atom stereocenters. The number of nitrogens with one attached hydrogen (secondary N) is 1. The van der Waals surface area contributed by atoms with E-state index in [0.29, 0.717) is 18.0 Å². The number of carbonyl (C=O) groups excluding carboxylic acids is 1. The van der Waals surface area contributed by atoms with Crippen molar-refractivity contribution in [1.82, 2.24) is 10.2 Å². The fourth-order valence-electron chi connectivity index (χ4n) is 2.91. The third kappa shape index (κ3) is 6.54. The van der Waals surface area contributed by atoms with Crippen molar-refractivity contribution in [2.75, 3.05) is 70.7 Å². The van der Waals surface area contributed by atoms with E-state index in [9.17, 15) is 13.2 Å². The average molecular weight is 416 g/mol. The summed E-state index contributed by atoms with van der Waals surface area (Å²) < 4.78 is 41.3. The van der Waals surface area contributed by atoms with Crippen LogP contribution in [0.2, 0.25) is 0 Å². The maximum absolute atomic E-state index is 12.3. The minimum atomic E-state index is -3.68. The Hall–Kier alpha value is -2.04. The van der Waals surface area contributed by atoms with Crippen molar-refractivity contribution in [3.8, 4) is 11.5 Å². The van der Waals surface area contributed by atoms with Crippen LogP contribution in [0, 0.1) is 0 Å². The molecule has 1 aliphatic heterocycles. The van der Waals surface area contributed by atoms with Crippen LogP contribution in [0.5, 0.6) is 11.5 Å². The quantitative estimate of drug-likeness (QED) is 0.549. The molecular weight excluding hydrogens is 386 g/mol. The fourth-order valence-corrected chi connectivity index (χ4v) is 3.77. The van der Waals surface area contributed by atoms with Crippen molar-refractivity contribution < 1.29 is 27.4 Å². The summed E-state index contributed by atoms with van der Waals surface area (Å²) in [5.41, 5.74) is 0.286. The smallest absolute Gasteiger partial charge is 0.240 e. The average Bonchev–Trinajstić information content (AvgIpc) is 2.69. The summed E-state index contributed by atoms with van der Waals surface area (Å²) in [6, 6.07) is 4.76. The maximum Gasteiger partial charge on any atom is 0.240 e. The number of anilines is 1. The molecular formula is C18H29N3O6S. The van der Waals surface area contributed by atoms with Gasteiger partial charge in [-0.15, -0.1) is 0 Å². The third-order valence-corrected chi connectivity index (χ3v) is 5.55. The van der Waals surface area contributed by atoms with Crippen LogP contribution in [-0.2, 0) is 19.6 Å². The molecule has 2 rings (SSSR count). The summed E-state index contributed by atoms with van der Waals surface area (Å²) in [5, 5.41) is 2.79. The second-order valence-electron chi connectivity index (χ2n) is 6.46. The van der Waals surface area contributed by atoms with E-state index in [2.05, 4.69) is 10.2 Å². The number of amides is 1. The summed E-state index contributed by atoms with van der Waals surface area (Å²) in [6.45, 7) is 4.29. The number of methoxy groups -OCH3 is 2. The zero-order chi connectivity index (χ0) is 20.6. The monoisotopic (exact) mass is 415 g/mol. The number of sulfonamides is 1. The third-order valence-electron chi connectivity index (χ3n) is 4.42. The summed E-state index contributed by atoms with van der Waals surface area (Å²) >= 11 is 0. The summed E-state index contributed by atoms with van der Waals surface area (Å²) in [7, 11) is -0.741. The Balaban J connectivity index is 1.95. The first-order chi connectivity index (χ1) is 13.3. The predicted octanol–water partition coefficient (Wildman–Crippen LogP) is 0.308. The van der Waals surface area contributed by atoms with Crippen molar-refractivity contribution in [3.63, 3.8) is 0 Å². The number of morpholine rings is 1. The van der Waals surface area contributed by atoms with Crippen LogP contribution in [0.3, 0.4) is 0 Å². The highest BCUT2D eigenvalue weighted by Crippen LogP contribution is 2.33. The van der Waals surface area contributed by atoms with Crippen LogP contribution >= 0.6 is 0 Å². The number of hydrogen-bond donors (Lipinski definition) is 1. The van der Waals surface area contributed by atoms with Crippen molar-refractivity contribution in [3.05, 3.63) is 18.2 Å². The molecule has 1 aromatic rings. The van der Waals surface area contributed by atoms with Gasteiger partial charge in [-0.05, 0) is 25.1 Å². The molecule has 9 nitrogen and oxygen atoms in total. The van der Waals surface area contributed by atoms with Gasteiger partial charge in [0, 0.05) is 25.7 Å². The summed E-state index contributed by atoms with van der Waals surface area (Å²) in [6.07, 6.45) is 1.85. The normalized spacial score (nSPS) is 15.1. The lowest BCUT2D eigenvalue weighted by atomic mass is 10.2. The molecule has 1 N–H and O–H groups in total. The number of ether oxygens (including phenoxy) is 3. The van der Waals surface area contributed by atoms with Gasteiger partial charge in [-0.3, -0.25) is 14.0 Å². The maximum atomic E-state index is 12.3. The Morgan fingerprint density at radius 2 is 1.96 bits per heavy atom. The van der Waals surface area contributed by atoms with Crippen LogP contribution in [0.1, 0.15) is 6.42 Å². The second kappa shape index (κ2) is 10.5. The largest absolute Gasteiger partial charge is 0.497 e. The zero-order valence-corrected chi connectivity index (χ0v) is 17.5. The van der Waals surface area contributed by atoms with Gasteiger partial charge in [0.2, 0.25) is 15.9 Å². The Labute approximate surface area is 166 Å². The highest BCUT2D eigenvalue weighted by Gasteiger charge is 2.24. The number of rotatable bonds is 10. The van der Waals surface area contributed by atoms with Crippen LogP contribution < -0.4 is 19.1 Å². The Morgan fingerprint density at radius 3 is 2.57 bits per heavy atom. The number of carbonyl (C=O) groups is 1. The molecule has 158 valence electrons. The SMILES string of the molecule is COc1ccc(N(CC(=O)NCCCN2CCOCC2)S(C)(=O)=O)c(OC)c1. The van der Waals surface area contributed by atoms with E-state index in [-0.39, 0.29) is 18.1 Å². The first kappa shape index (κ1) is 22.3. The first-order valence-corrected chi connectivity index (χ1v) is 11.0. The molecule has 1 heterocycles. The van der Waals surface area contributed by atoms with E-state index < -0.39 is 10.0 Å². The topological polar surface area (TPSA) is 97.4 Å². The predicted molar refractivity (Wildman–Crippen MR) is 107 cm³/mol. The first-order valence-electron chi connectivity index (χ1n) is 9.11. The van der Waals surface area contributed by atoms with Gasteiger partial charge in [-0.1, -0.05) is 0 Å². The number of nitrogens with zero attached hydrogens (tertiary/aromatic N) is 2. The van der Waals surface area contributed by atoms with Crippen molar-refractivity contribution in [2.24, 2.45) is 0 Å². The molecule has 1 saturated heterocycles. The number of hydrogen-bond acceptors (Lipinski definition) is 7. The van der Waals surface area contributed by atoms with Gasteiger partial charge in [0.25, 0.3) is 0 Å². The summed E-state index contributed by atoms with van der Waals surface area (Å²) in [5.74, 6) is 0.469. The van der Waals surface area contributed by atoms with E-state index in [1.807, 2.05) is 0 Å². The lowest BCUT2D eigenvalue weighted by Gasteiger charge is -2.26. The molecule has 0 aromatic heterocycles. The Bertz CT molecular complexity index is 750. The van der Waals surface area contributed by atoms with Gasteiger partial charge in [-0.25, -0.2) is 8.42 Å². The van der Waals surface area contributed by atoms with Crippen molar-refractivity contribution in [1.29, 1.82) is 0 Å². The van der Waals surface area contributed by atoms with Crippen LogP contribution in [-0.4, -0.2) is 85.6 Å². The molecule has 0 aliphatic carbocycles. The molecule has 0 spiro atoms. The van der Waals surface area contributed by atoms with Gasteiger partial charge >= 0.3 is 0 Å². The lowest BCUT2D eigenvalue weighted by Crippen LogP contribution is -2.42. The van der Waals surface area contributed by atoms with Gasteiger partial charge in [0.1, 0.15) is 18.0 Å². The van der Waals surface area contributed by atoms with Crippen LogP contribution in [0.25, 0.3) is 0 Å². The van der Waals surface area contributed by atoms with Gasteiger partial charge < -0.3 is 19.5 Å². The zero-order valence-electron chi connectivity index (χ0n) is 16.6. The molecule has 0 saturated carbocycles. The lowest BCUT2D eigenvalue weighted by molar-refractivity contribution is -0.119. The van der Waals surface area contributed by atoms with Crippen molar-refractivity contribution >= 4 is 21.6 Å². The minimum Gasteiger partial charge on any atom is -0.497 e. The molecule has 28 heavy (non-hydrogen) atoms. The molecule has 0 radical (unpaired) electrons. The van der Waals surface area contributed by atoms with E-state index >= 15 is 0 Å². The van der Waals surface area contributed by atoms with E-state index in [1.165, 1.54) is 14.2 Å². The molecule has 1 aliphatic rings. The molecule has 10 heteroatoms. The Morgan fingerprint density at radius 1 is 1.25 bits per heavy atom. The van der Waals surface area contributed by atoms with Gasteiger partial charge in [-0.2, -0.15) is 0 Å². The number of benzene rings is 1. The molecule has 0 atom stereocenters. The van der Waals surface area contributed by atoms with Crippen molar-refractivity contribution in [2.45, 2.75) is 6.42 Å². The molecule has 1 aromatic carbocycles. The molecule has 1 amide bonds. The Kier molecular flexibility index (Phi) is 8.34. The highest BCUT2D eigenvalue weighted by atomic mass is 32.2. The van der Waals surface area contributed by atoms with Gasteiger partial charge in [0.15, 0.2) is 0 Å². The molecule has 1 fully saturated rings. The van der Waals surface area contributed by atoms with E-state index in [4.69, 9.17) is 14.2 Å². The standard InChI is InChI=1S/C18H29N3O6S/c1-25-15-5-6-16(17(13-15)26-2)21(28(3,23)24)14-18(22)19-7-4-8-20-9-11-27-12-10-20/h5-6,13H,4,7-12,14H2,1-3H3,(H,19,22). The van der Waals surface area contributed by atoms with E-state index in [0.717, 1.165) is 49.8 Å². The minimum absolute atomic E-state index is 0.286. The summed E-state index contributed by atoms with van der Waals surface area (Å²) in [4.78, 5) is 14.6. The van der Waals surface area contributed by atoms with Crippen LogP contribution in [0.4, 0.5) is 5.69 Å². The van der Waals surface area contributed by atoms with Crippen LogP contribution in [0.15, 0.2) is 18.2 Å². The molecule has 0 bridgehead atoms. The fraction of sp³-hybridized carbons (Fsp3) is 0.611.